The molecule has 2 amide bonds. The quantitative estimate of drug-likeness (QED) is 0.299. The van der Waals surface area contributed by atoms with Gasteiger partial charge in [-0.1, -0.05) is 6.07 Å². The van der Waals surface area contributed by atoms with Gasteiger partial charge in [0.2, 0.25) is 5.95 Å². The Bertz CT molecular complexity index is 1680. The molecule has 0 unspecified atom stereocenters. The molecular formula is C28H27N7O3. The highest BCUT2D eigenvalue weighted by molar-refractivity contribution is 5.98. The number of H-pyrrole nitrogens is 1. The number of fused-ring (bicyclic) bond motifs is 1. The van der Waals surface area contributed by atoms with E-state index in [9.17, 15) is 9.59 Å². The molecule has 4 heterocycles. The van der Waals surface area contributed by atoms with Crippen LogP contribution >= 0.6 is 0 Å². The number of benzene rings is 1. The van der Waals surface area contributed by atoms with Crippen LogP contribution in [-0.2, 0) is 6.54 Å². The lowest BCUT2D eigenvalue weighted by Gasteiger charge is -2.13. The number of carbonyl (C=O) groups excluding carboxylic acids is 1. The van der Waals surface area contributed by atoms with Crippen molar-refractivity contribution in [3.63, 3.8) is 0 Å². The number of imidazole rings is 1. The Hall–Kier alpha value is -4.99. The van der Waals surface area contributed by atoms with E-state index in [0.717, 1.165) is 28.1 Å². The van der Waals surface area contributed by atoms with Gasteiger partial charge in [-0.3, -0.25) is 20.1 Å². The van der Waals surface area contributed by atoms with Gasteiger partial charge in [0.25, 0.3) is 5.56 Å². The molecule has 5 rings (SSSR count). The molecule has 0 aliphatic heterocycles. The molecule has 0 saturated carbocycles. The Labute approximate surface area is 218 Å². The van der Waals surface area contributed by atoms with Crippen molar-refractivity contribution in [3.8, 4) is 28.1 Å². The number of aromatic amines is 1. The zero-order valence-electron chi connectivity index (χ0n) is 21.3. The van der Waals surface area contributed by atoms with E-state index < -0.39 is 0 Å². The molecule has 38 heavy (non-hydrogen) atoms. The monoisotopic (exact) mass is 509 g/mol. The molecule has 0 saturated heterocycles. The molecule has 0 aliphatic rings. The first-order valence-corrected chi connectivity index (χ1v) is 12.2. The predicted molar refractivity (Wildman–Crippen MR) is 146 cm³/mol. The van der Waals surface area contributed by atoms with Crippen LogP contribution in [-0.4, -0.2) is 44.2 Å². The molecule has 3 N–H and O–H groups in total. The van der Waals surface area contributed by atoms with Crippen LogP contribution in [0.5, 0.6) is 5.75 Å². The molecule has 0 radical (unpaired) electrons. The number of amides is 2. The van der Waals surface area contributed by atoms with Gasteiger partial charge < -0.3 is 19.6 Å². The van der Waals surface area contributed by atoms with Gasteiger partial charge in [-0.05, 0) is 61.4 Å². The van der Waals surface area contributed by atoms with Crippen LogP contribution in [0.15, 0.2) is 71.8 Å². The van der Waals surface area contributed by atoms with Crippen LogP contribution < -0.4 is 20.9 Å². The van der Waals surface area contributed by atoms with E-state index in [1.165, 1.54) is 0 Å². The highest BCUT2D eigenvalue weighted by Gasteiger charge is 2.16. The SMILES string of the molecule is CCNC(=O)Nc1nc2c(-c3cc(OC)ccn3)cc(-c3cc(C)n(Cc4ccccn4)c(=O)c3)cc2[nH]1. The van der Waals surface area contributed by atoms with Crippen molar-refractivity contribution >= 4 is 23.0 Å². The maximum absolute atomic E-state index is 13.2. The average Bonchev–Trinajstić information content (AvgIpc) is 3.33. The lowest BCUT2D eigenvalue weighted by Crippen LogP contribution is -2.28. The molecule has 5 aromatic rings. The van der Waals surface area contributed by atoms with E-state index in [2.05, 4.69) is 30.6 Å². The Morgan fingerprint density at radius 2 is 1.89 bits per heavy atom. The first-order chi connectivity index (χ1) is 18.4. The first kappa shape index (κ1) is 24.7. The number of aryl methyl sites for hydroxylation is 1. The van der Waals surface area contributed by atoms with Crippen molar-refractivity contribution in [2.75, 3.05) is 19.0 Å². The lowest BCUT2D eigenvalue weighted by molar-refractivity contribution is 0.252. The Kier molecular flexibility index (Phi) is 6.86. The van der Waals surface area contributed by atoms with Gasteiger partial charge in [0.15, 0.2) is 0 Å². The van der Waals surface area contributed by atoms with E-state index in [1.54, 1.807) is 36.2 Å². The minimum Gasteiger partial charge on any atom is -0.497 e. The number of pyridine rings is 3. The number of hydrogen-bond acceptors (Lipinski definition) is 6. The molecule has 0 aliphatic carbocycles. The molecule has 10 heteroatoms. The summed E-state index contributed by atoms with van der Waals surface area (Å²) in [6, 6.07) is 16.3. The van der Waals surface area contributed by atoms with Crippen LogP contribution in [0.1, 0.15) is 18.3 Å². The zero-order valence-corrected chi connectivity index (χ0v) is 21.3. The van der Waals surface area contributed by atoms with E-state index >= 15 is 0 Å². The molecule has 10 nitrogen and oxygen atoms in total. The third-order valence-corrected chi connectivity index (χ3v) is 6.11. The van der Waals surface area contributed by atoms with E-state index in [-0.39, 0.29) is 11.6 Å². The summed E-state index contributed by atoms with van der Waals surface area (Å²) >= 11 is 0. The van der Waals surface area contributed by atoms with Gasteiger partial charge in [-0.25, -0.2) is 9.78 Å². The van der Waals surface area contributed by atoms with Gasteiger partial charge in [-0.2, -0.15) is 0 Å². The standard InChI is InChI=1S/C28H27N7O3/c1-4-29-28(37)34-27-32-24-13-19(12-22(26(24)33-27)23-15-21(38-3)8-10-31-23)18-11-17(2)35(25(36)14-18)16-20-7-5-6-9-30-20/h5-15H,4,16H2,1-3H3,(H3,29,32,33,34,37). The molecule has 0 bridgehead atoms. The summed E-state index contributed by atoms with van der Waals surface area (Å²) in [4.78, 5) is 41.9. The fourth-order valence-corrected chi connectivity index (χ4v) is 4.29. The van der Waals surface area contributed by atoms with Gasteiger partial charge in [0.05, 0.1) is 36.1 Å². The molecule has 4 aromatic heterocycles. The predicted octanol–water partition coefficient (Wildman–Crippen LogP) is 4.36. The van der Waals surface area contributed by atoms with Crippen LogP contribution in [0.3, 0.4) is 0 Å². The van der Waals surface area contributed by atoms with Crippen molar-refractivity contribution in [2.45, 2.75) is 20.4 Å². The Morgan fingerprint density at radius 1 is 1.05 bits per heavy atom. The molecule has 0 fully saturated rings. The van der Waals surface area contributed by atoms with Crippen molar-refractivity contribution in [1.82, 2.24) is 29.8 Å². The van der Waals surface area contributed by atoms with Crippen molar-refractivity contribution in [1.29, 1.82) is 0 Å². The van der Waals surface area contributed by atoms with Crippen LogP contribution in [0.25, 0.3) is 33.4 Å². The van der Waals surface area contributed by atoms with Gasteiger partial charge in [0.1, 0.15) is 5.75 Å². The van der Waals surface area contributed by atoms with Crippen molar-refractivity contribution in [3.05, 3.63) is 88.7 Å². The van der Waals surface area contributed by atoms with Gasteiger partial charge in [0, 0.05) is 42.3 Å². The third kappa shape index (κ3) is 5.10. The molecule has 1 aromatic carbocycles. The summed E-state index contributed by atoms with van der Waals surface area (Å²) in [5, 5.41) is 5.41. The van der Waals surface area contributed by atoms with Gasteiger partial charge in [-0.15, -0.1) is 0 Å². The number of rotatable bonds is 7. The zero-order chi connectivity index (χ0) is 26.6. The molecule has 192 valence electrons. The minimum atomic E-state index is -0.361. The second-order valence-electron chi connectivity index (χ2n) is 8.70. The number of nitrogens with zero attached hydrogens (tertiary/aromatic N) is 4. The number of carbonyl (C=O) groups is 1. The summed E-state index contributed by atoms with van der Waals surface area (Å²) < 4.78 is 7.09. The summed E-state index contributed by atoms with van der Waals surface area (Å²) in [6.07, 6.45) is 3.38. The Morgan fingerprint density at radius 3 is 2.63 bits per heavy atom. The van der Waals surface area contributed by atoms with Crippen molar-refractivity contribution < 1.29 is 9.53 Å². The maximum Gasteiger partial charge on any atom is 0.321 e. The smallest absolute Gasteiger partial charge is 0.321 e. The first-order valence-electron chi connectivity index (χ1n) is 12.2. The average molecular weight is 510 g/mol. The fraction of sp³-hybridized carbons (Fsp3) is 0.179. The van der Waals surface area contributed by atoms with Crippen molar-refractivity contribution in [2.24, 2.45) is 0 Å². The second-order valence-corrected chi connectivity index (χ2v) is 8.70. The topological polar surface area (TPSA) is 127 Å². The Balaban J connectivity index is 1.62. The normalized spacial score (nSPS) is 10.9. The summed E-state index contributed by atoms with van der Waals surface area (Å²) in [7, 11) is 1.59. The number of ether oxygens (including phenoxy) is 1. The van der Waals surface area contributed by atoms with E-state index in [4.69, 9.17) is 4.74 Å². The number of aromatic nitrogens is 5. The second kappa shape index (κ2) is 10.6. The van der Waals surface area contributed by atoms with Crippen LogP contribution in [0.2, 0.25) is 0 Å². The number of hydrogen-bond donors (Lipinski definition) is 3. The molecule has 0 atom stereocenters. The highest BCUT2D eigenvalue weighted by Crippen LogP contribution is 2.34. The number of methoxy groups -OCH3 is 1. The minimum absolute atomic E-state index is 0.130. The summed E-state index contributed by atoms with van der Waals surface area (Å²) in [6.45, 7) is 4.62. The highest BCUT2D eigenvalue weighted by atomic mass is 16.5. The van der Waals surface area contributed by atoms with E-state index in [1.807, 2.05) is 56.3 Å². The van der Waals surface area contributed by atoms with Crippen LogP contribution in [0, 0.1) is 6.92 Å². The van der Waals surface area contributed by atoms with Gasteiger partial charge >= 0.3 is 6.03 Å². The van der Waals surface area contributed by atoms with Crippen LogP contribution in [0.4, 0.5) is 10.7 Å². The molecule has 0 spiro atoms. The number of anilines is 1. The summed E-state index contributed by atoms with van der Waals surface area (Å²) in [5.74, 6) is 0.951. The third-order valence-electron chi connectivity index (χ3n) is 6.11. The lowest BCUT2D eigenvalue weighted by atomic mass is 9.99. The maximum atomic E-state index is 13.2. The fourth-order valence-electron chi connectivity index (χ4n) is 4.29. The van der Waals surface area contributed by atoms with E-state index in [0.29, 0.717) is 41.5 Å². The molecular weight excluding hydrogens is 482 g/mol. The number of urea groups is 1. The number of nitrogens with one attached hydrogen (secondary N) is 3. The largest absolute Gasteiger partial charge is 0.497 e. The summed E-state index contributed by atoms with van der Waals surface area (Å²) in [5.41, 5.74) is 5.73.